The highest BCUT2D eigenvalue weighted by molar-refractivity contribution is 8.13. The zero-order valence-electron chi connectivity index (χ0n) is 13.0. The van der Waals surface area contributed by atoms with Crippen molar-refractivity contribution in [3.05, 3.63) is 45.9 Å². The number of amides is 1. The summed E-state index contributed by atoms with van der Waals surface area (Å²) in [7, 11) is 0. The Morgan fingerprint density at radius 2 is 2.22 bits per heavy atom. The second-order valence-corrected chi connectivity index (χ2v) is 8.05. The maximum Gasteiger partial charge on any atom is 0.265 e. The molecule has 0 aromatic carbocycles. The number of nitrogens with zero attached hydrogens (tertiary/aromatic N) is 2. The molecule has 3 rings (SSSR count). The molecule has 1 atom stereocenters. The second-order valence-electron chi connectivity index (χ2n) is 5.65. The second kappa shape index (κ2) is 6.33. The van der Waals surface area contributed by atoms with Crippen molar-refractivity contribution in [3.63, 3.8) is 0 Å². The van der Waals surface area contributed by atoms with Gasteiger partial charge in [0.05, 0.1) is 22.3 Å². The van der Waals surface area contributed by atoms with Crippen LogP contribution in [0, 0.1) is 6.92 Å². The molecule has 0 saturated carbocycles. The van der Waals surface area contributed by atoms with Gasteiger partial charge in [-0.2, -0.15) is 0 Å². The van der Waals surface area contributed by atoms with Gasteiger partial charge in [0.25, 0.3) is 5.91 Å². The zero-order valence-corrected chi connectivity index (χ0v) is 14.6. The van der Waals surface area contributed by atoms with E-state index in [1.165, 1.54) is 11.3 Å². The van der Waals surface area contributed by atoms with E-state index in [0.717, 1.165) is 22.6 Å². The summed E-state index contributed by atoms with van der Waals surface area (Å²) in [5.74, 6) is 0.811. The lowest BCUT2D eigenvalue weighted by atomic mass is 9.91. The highest BCUT2D eigenvalue weighted by Gasteiger charge is 2.30. The lowest BCUT2D eigenvalue weighted by Gasteiger charge is -2.29. The molecule has 3 N–H and O–H groups in total. The molecule has 0 unspecified atom stereocenters. The van der Waals surface area contributed by atoms with Gasteiger partial charge in [0, 0.05) is 16.8 Å². The van der Waals surface area contributed by atoms with E-state index in [9.17, 15) is 4.79 Å². The number of aromatic nitrogens is 1. The summed E-state index contributed by atoms with van der Waals surface area (Å²) < 4.78 is 0. The number of aryl methyl sites for hydroxylation is 1. The number of thioether (sulfide) groups is 1. The van der Waals surface area contributed by atoms with E-state index in [2.05, 4.69) is 15.3 Å². The summed E-state index contributed by atoms with van der Waals surface area (Å²) in [6, 6.07) is 5.70. The number of carbonyl (C=O) groups excluding carboxylic acids is 1. The SMILES string of the molecule is Cc1ccc(C(=O)Nc2cncc([C@]3(C)CCSC(N)=N3)c2)s1. The fourth-order valence-electron chi connectivity index (χ4n) is 2.45. The van der Waals surface area contributed by atoms with Crippen LogP contribution in [0.25, 0.3) is 0 Å². The van der Waals surface area contributed by atoms with Gasteiger partial charge in [-0.3, -0.25) is 14.8 Å². The molecular weight excluding hydrogens is 328 g/mol. The Bertz CT molecular complexity index is 771. The molecule has 1 aliphatic heterocycles. The fraction of sp³-hybridized carbons (Fsp3) is 0.312. The molecule has 3 heterocycles. The van der Waals surface area contributed by atoms with E-state index >= 15 is 0 Å². The van der Waals surface area contributed by atoms with Crippen LogP contribution >= 0.6 is 23.1 Å². The van der Waals surface area contributed by atoms with E-state index in [-0.39, 0.29) is 11.4 Å². The first-order valence-corrected chi connectivity index (χ1v) is 9.08. The predicted molar refractivity (Wildman–Crippen MR) is 97.3 cm³/mol. The Morgan fingerprint density at radius 1 is 1.39 bits per heavy atom. The number of hydrogen-bond donors (Lipinski definition) is 2. The fourth-order valence-corrected chi connectivity index (χ4v) is 4.18. The first-order chi connectivity index (χ1) is 11.0. The molecule has 2 aromatic rings. The Balaban J connectivity index is 1.83. The van der Waals surface area contributed by atoms with Gasteiger partial charge in [-0.25, -0.2) is 0 Å². The summed E-state index contributed by atoms with van der Waals surface area (Å²) in [6.45, 7) is 4.03. The molecule has 1 aliphatic rings. The van der Waals surface area contributed by atoms with Crippen molar-refractivity contribution < 1.29 is 4.79 Å². The predicted octanol–water partition coefficient (Wildman–Crippen LogP) is 3.37. The van der Waals surface area contributed by atoms with Crippen LogP contribution in [0.2, 0.25) is 0 Å². The molecule has 0 fully saturated rings. The Labute approximate surface area is 143 Å². The number of amidine groups is 1. The van der Waals surface area contributed by atoms with Crippen LogP contribution in [0.1, 0.15) is 33.5 Å². The van der Waals surface area contributed by atoms with Gasteiger partial charge in [-0.15, -0.1) is 11.3 Å². The number of anilines is 1. The van der Waals surface area contributed by atoms with Gasteiger partial charge < -0.3 is 11.1 Å². The standard InChI is InChI=1S/C16H18N4OS2/c1-10-3-4-13(23-10)14(21)19-12-7-11(8-18-9-12)16(2)5-6-22-15(17)20-16/h3-4,7-9H,5-6H2,1-2H3,(H2,17,20)(H,19,21)/t16-/m0/s1. The molecular formula is C16H18N4OS2. The van der Waals surface area contributed by atoms with Gasteiger partial charge >= 0.3 is 0 Å². The van der Waals surface area contributed by atoms with E-state index in [0.29, 0.717) is 15.7 Å². The molecule has 0 aliphatic carbocycles. The summed E-state index contributed by atoms with van der Waals surface area (Å²) in [4.78, 5) is 22.9. The Morgan fingerprint density at radius 3 is 2.91 bits per heavy atom. The lowest BCUT2D eigenvalue weighted by molar-refractivity contribution is 0.103. The minimum absolute atomic E-state index is 0.116. The zero-order chi connectivity index (χ0) is 16.4. The monoisotopic (exact) mass is 346 g/mol. The number of hydrogen-bond acceptors (Lipinski definition) is 6. The van der Waals surface area contributed by atoms with Gasteiger partial charge in [0.2, 0.25) is 0 Å². The van der Waals surface area contributed by atoms with E-state index in [4.69, 9.17) is 5.73 Å². The summed E-state index contributed by atoms with van der Waals surface area (Å²) in [5, 5.41) is 3.50. The van der Waals surface area contributed by atoms with Gasteiger partial charge in [0.1, 0.15) is 0 Å². The number of nitrogens with two attached hydrogens (primary N) is 1. The lowest BCUT2D eigenvalue weighted by Crippen LogP contribution is -2.29. The quantitative estimate of drug-likeness (QED) is 0.893. The van der Waals surface area contributed by atoms with Crippen molar-refractivity contribution in [2.24, 2.45) is 10.7 Å². The summed E-state index contributed by atoms with van der Waals surface area (Å²) >= 11 is 3.04. The summed E-state index contributed by atoms with van der Waals surface area (Å²) in [5.41, 5.74) is 7.11. The largest absolute Gasteiger partial charge is 0.379 e. The first kappa shape index (κ1) is 16.0. The van der Waals surface area contributed by atoms with E-state index < -0.39 is 0 Å². The molecule has 0 saturated heterocycles. The number of nitrogens with one attached hydrogen (secondary N) is 1. The molecule has 23 heavy (non-hydrogen) atoms. The Kier molecular flexibility index (Phi) is 4.41. The van der Waals surface area contributed by atoms with Gasteiger partial charge in [-0.1, -0.05) is 11.8 Å². The maximum atomic E-state index is 12.3. The van der Waals surface area contributed by atoms with E-state index in [1.807, 2.05) is 32.0 Å². The van der Waals surface area contributed by atoms with Crippen LogP contribution in [0.3, 0.4) is 0 Å². The first-order valence-electron chi connectivity index (χ1n) is 7.28. The Hall–Kier alpha value is -1.86. The molecule has 1 amide bonds. The molecule has 120 valence electrons. The molecule has 0 bridgehead atoms. The highest BCUT2D eigenvalue weighted by atomic mass is 32.2. The maximum absolute atomic E-state index is 12.3. The van der Waals surface area contributed by atoms with Crippen LogP contribution in [0.15, 0.2) is 35.6 Å². The van der Waals surface area contributed by atoms with Crippen LogP contribution in [-0.2, 0) is 5.54 Å². The number of thiophene rings is 1. The smallest absolute Gasteiger partial charge is 0.265 e. The third-order valence-corrected chi connectivity index (χ3v) is 5.57. The average Bonchev–Trinajstić information content (AvgIpc) is 2.94. The molecule has 2 aromatic heterocycles. The third-order valence-electron chi connectivity index (χ3n) is 3.78. The van der Waals surface area contributed by atoms with E-state index in [1.54, 1.807) is 24.2 Å². The van der Waals surface area contributed by atoms with Gasteiger partial charge in [0.15, 0.2) is 5.17 Å². The minimum atomic E-state index is -0.386. The molecule has 7 heteroatoms. The van der Waals surface area contributed by atoms with Crippen LogP contribution in [0.5, 0.6) is 0 Å². The van der Waals surface area contributed by atoms with Crippen molar-refractivity contribution in [3.8, 4) is 0 Å². The van der Waals surface area contributed by atoms with Crippen molar-refractivity contribution in [2.45, 2.75) is 25.8 Å². The molecule has 0 spiro atoms. The third kappa shape index (κ3) is 3.56. The van der Waals surface area contributed by atoms with Crippen molar-refractivity contribution >= 4 is 39.9 Å². The minimum Gasteiger partial charge on any atom is -0.379 e. The number of rotatable bonds is 3. The molecule has 0 radical (unpaired) electrons. The van der Waals surface area contributed by atoms with Crippen LogP contribution in [-0.4, -0.2) is 21.8 Å². The van der Waals surface area contributed by atoms with Crippen molar-refractivity contribution in [1.82, 2.24) is 4.98 Å². The number of carbonyl (C=O) groups is 1. The topological polar surface area (TPSA) is 80.4 Å². The van der Waals surface area contributed by atoms with Gasteiger partial charge in [-0.05, 0) is 44.0 Å². The highest BCUT2D eigenvalue weighted by Crippen LogP contribution is 2.35. The number of pyridine rings is 1. The average molecular weight is 346 g/mol. The van der Waals surface area contributed by atoms with Crippen molar-refractivity contribution in [1.29, 1.82) is 0 Å². The summed E-state index contributed by atoms with van der Waals surface area (Å²) in [6.07, 6.45) is 4.33. The van der Waals surface area contributed by atoms with Crippen molar-refractivity contribution in [2.75, 3.05) is 11.1 Å². The van der Waals surface area contributed by atoms with Crippen LogP contribution in [0.4, 0.5) is 5.69 Å². The molecule has 5 nitrogen and oxygen atoms in total. The van der Waals surface area contributed by atoms with Crippen LogP contribution < -0.4 is 11.1 Å². The number of aliphatic imine (C=N–C) groups is 1. The normalized spacial score (nSPS) is 20.9.